The van der Waals surface area contributed by atoms with Crippen LogP contribution in [0.4, 0.5) is 0 Å². The zero-order valence-corrected chi connectivity index (χ0v) is 30.4. The summed E-state index contributed by atoms with van der Waals surface area (Å²) in [5.74, 6) is 0. The first kappa shape index (κ1) is 31.1. The van der Waals surface area contributed by atoms with E-state index in [2.05, 4.69) is 224 Å². The van der Waals surface area contributed by atoms with Crippen molar-refractivity contribution in [3.8, 4) is 0 Å². The zero-order chi connectivity index (χ0) is 31.6. The van der Waals surface area contributed by atoms with E-state index in [9.17, 15) is 0 Å². The summed E-state index contributed by atoms with van der Waals surface area (Å²) in [5.41, 5.74) is 8.02. The second-order valence-corrected chi connectivity index (χ2v) is 14.2. The third kappa shape index (κ3) is 6.01. The van der Waals surface area contributed by atoms with Crippen LogP contribution < -0.4 is 0 Å². The lowest BCUT2D eigenvalue weighted by Gasteiger charge is -2.25. The maximum atomic E-state index is 2.59. The van der Waals surface area contributed by atoms with E-state index in [-0.39, 0.29) is 24.2 Å². The Balaban J connectivity index is 1.21. The number of amidine groups is 2. The summed E-state index contributed by atoms with van der Waals surface area (Å²) in [4.78, 5) is 5.18. The van der Waals surface area contributed by atoms with Crippen molar-refractivity contribution in [2.45, 2.75) is 37.3 Å². The minimum atomic E-state index is 0.208. The lowest BCUT2D eigenvalue weighted by Crippen LogP contribution is -2.29. The normalized spacial score (nSPS) is 21.4. The molecule has 0 bridgehead atoms. The topological polar surface area (TPSA) is 12.5 Å². The lowest BCUT2D eigenvalue weighted by molar-refractivity contribution is -0.535. The van der Waals surface area contributed by atoms with E-state index in [1.807, 2.05) is 0 Å². The molecule has 5 aromatic rings. The summed E-state index contributed by atoms with van der Waals surface area (Å²) < 4.78 is 7.43. The fraction of sp³-hybridized carbons (Fsp3) is 0.200. The molecule has 0 saturated carbocycles. The Kier molecular flexibility index (Phi) is 9.26. The molecule has 2 aliphatic rings. The van der Waals surface area contributed by atoms with Crippen molar-refractivity contribution < 1.29 is 9.15 Å². The molecular formula is C40H38I2N4+2. The molecule has 0 spiro atoms. The molecule has 4 nitrogen and oxygen atoms in total. The molecule has 0 aliphatic carbocycles. The minimum absolute atomic E-state index is 0.208. The number of likely N-dealkylation sites (N-methyl/N-ethyl adjacent to an activating group) is 2. The number of hydrogen-bond donors (Lipinski definition) is 0. The molecule has 2 aliphatic heterocycles. The van der Waals surface area contributed by atoms with Gasteiger partial charge in [0.2, 0.25) is 0 Å². The summed E-state index contributed by atoms with van der Waals surface area (Å²) in [7, 11) is 4.47. The standard InChI is InChI=1S/C40H38I2N4/c1-43-35(31-18-7-3-8-19-31)37(33-22-11-5-12-23-33)45(39(43)41)27-29-16-15-17-30(26-29)28-46-38(34-24-13-6-14-25-34)36(44(2)40(46)42)32-20-9-4-10-21-32/h3-26,35-38H,27-28H2,1-2H3/q+2/t35-,36+,37-,38+. The van der Waals surface area contributed by atoms with Crippen molar-refractivity contribution in [1.82, 2.24) is 9.80 Å². The molecule has 0 fully saturated rings. The van der Waals surface area contributed by atoms with Gasteiger partial charge in [-0.2, -0.15) is 0 Å². The van der Waals surface area contributed by atoms with Gasteiger partial charge in [-0.25, -0.2) is 19.0 Å². The van der Waals surface area contributed by atoms with E-state index < -0.39 is 0 Å². The fourth-order valence-electron chi connectivity index (χ4n) is 7.31. The molecule has 7 rings (SSSR count). The minimum Gasteiger partial charge on any atom is -0.248 e. The Morgan fingerprint density at radius 3 is 1.13 bits per heavy atom. The monoisotopic (exact) mass is 828 g/mol. The SMILES string of the molecule is C[N+]1=C(I)N(Cc2cccc(CN3C(I)=[N+](C)[C@@H](c4ccccc4)[C@@H]3c3ccccc3)c2)[C@H](c2ccccc2)[C@H]1c1ccccc1. The van der Waals surface area contributed by atoms with E-state index in [0.717, 1.165) is 13.1 Å². The Bertz CT molecular complexity index is 1730. The zero-order valence-electron chi connectivity index (χ0n) is 26.1. The Morgan fingerprint density at radius 1 is 0.457 bits per heavy atom. The first-order valence-electron chi connectivity index (χ1n) is 15.8. The predicted molar refractivity (Wildman–Crippen MR) is 205 cm³/mol. The molecular weight excluding hydrogens is 790 g/mol. The Hall–Kier alpha value is -3.50. The van der Waals surface area contributed by atoms with Gasteiger partial charge in [0.25, 0.3) is 0 Å². The van der Waals surface area contributed by atoms with Crippen molar-refractivity contribution in [1.29, 1.82) is 0 Å². The molecule has 230 valence electrons. The highest BCUT2D eigenvalue weighted by Crippen LogP contribution is 2.45. The molecule has 4 atom stereocenters. The van der Waals surface area contributed by atoms with Gasteiger partial charge < -0.3 is 0 Å². The van der Waals surface area contributed by atoms with Crippen LogP contribution in [0, 0.1) is 0 Å². The van der Waals surface area contributed by atoms with Gasteiger partial charge in [-0.3, -0.25) is 0 Å². The van der Waals surface area contributed by atoms with Gasteiger partial charge in [0, 0.05) is 22.3 Å². The molecule has 0 unspecified atom stereocenters. The highest BCUT2D eigenvalue weighted by Gasteiger charge is 2.48. The maximum absolute atomic E-state index is 2.59. The van der Waals surface area contributed by atoms with Gasteiger partial charge in [-0.15, -0.1) is 0 Å². The smallest absolute Gasteiger partial charge is 0.248 e. The van der Waals surface area contributed by atoms with Crippen LogP contribution in [0.2, 0.25) is 0 Å². The number of nitrogens with zero attached hydrogens (tertiary/aromatic N) is 4. The Labute approximate surface area is 300 Å². The molecule has 0 aromatic heterocycles. The summed E-state index contributed by atoms with van der Waals surface area (Å²) in [6.45, 7) is 1.68. The van der Waals surface area contributed by atoms with Crippen LogP contribution in [0.15, 0.2) is 146 Å². The van der Waals surface area contributed by atoms with E-state index in [1.54, 1.807) is 0 Å². The second-order valence-electron chi connectivity index (χ2n) is 12.3. The van der Waals surface area contributed by atoms with Crippen molar-refractivity contribution in [3.63, 3.8) is 0 Å². The summed E-state index contributed by atoms with van der Waals surface area (Å²) in [6, 6.07) is 54.0. The number of rotatable bonds is 8. The van der Waals surface area contributed by atoms with Gasteiger partial charge in [-0.1, -0.05) is 140 Å². The predicted octanol–water partition coefficient (Wildman–Crippen LogP) is 9.15. The molecule has 5 aromatic carbocycles. The van der Waals surface area contributed by atoms with Gasteiger partial charge in [0.1, 0.15) is 13.1 Å². The van der Waals surface area contributed by atoms with Crippen LogP contribution in [0.5, 0.6) is 0 Å². The van der Waals surface area contributed by atoms with Gasteiger partial charge in [0.15, 0.2) is 24.2 Å². The van der Waals surface area contributed by atoms with Crippen LogP contribution >= 0.6 is 45.2 Å². The van der Waals surface area contributed by atoms with Crippen LogP contribution in [0.1, 0.15) is 57.5 Å². The highest BCUT2D eigenvalue weighted by molar-refractivity contribution is 14.1. The number of hydrogen-bond acceptors (Lipinski definition) is 2. The average Bonchev–Trinajstić information content (AvgIpc) is 3.50. The number of halogens is 2. The van der Waals surface area contributed by atoms with Crippen LogP contribution in [0.3, 0.4) is 0 Å². The van der Waals surface area contributed by atoms with Gasteiger partial charge >= 0.3 is 7.68 Å². The Morgan fingerprint density at radius 2 is 0.783 bits per heavy atom. The third-order valence-corrected chi connectivity index (χ3v) is 12.2. The quantitative estimate of drug-likeness (QED) is 0.0880. The first-order valence-corrected chi connectivity index (χ1v) is 18.0. The lowest BCUT2D eigenvalue weighted by atomic mass is 9.92. The van der Waals surface area contributed by atoms with Gasteiger partial charge in [0.05, 0.1) is 59.3 Å². The van der Waals surface area contributed by atoms with Crippen molar-refractivity contribution in [2.75, 3.05) is 14.1 Å². The average molecular weight is 829 g/mol. The molecule has 2 heterocycles. The summed E-state index contributed by atoms with van der Waals surface area (Å²) in [5, 5.41) is 0. The second kappa shape index (κ2) is 13.7. The third-order valence-electron chi connectivity index (χ3n) is 9.42. The van der Waals surface area contributed by atoms with Crippen LogP contribution in [0.25, 0.3) is 0 Å². The van der Waals surface area contributed by atoms with Gasteiger partial charge in [-0.05, 0) is 17.2 Å². The van der Waals surface area contributed by atoms with E-state index >= 15 is 0 Å². The molecule has 0 N–H and O–H groups in total. The largest absolute Gasteiger partial charge is 0.309 e. The maximum Gasteiger partial charge on any atom is 0.309 e. The fourth-order valence-corrected chi connectivity index (χ4v) is 8.85. The molecule has 6 heteroatoms. The highest BCUT2D eigenvalue weighted by atomic mass is 127. The van der Waals surface area contributed by atoms with Crippen LogP contribution in [-0.2, 0) is 13.1 Å². The summed E-state index contributed by atoms with van der Waals surface area (Å²) >= 11 is 5.10. The van der Waals surface area contributed by atoms with Crippen LogP contribution in [-0.4, -0.2) is 40.7 Å². The molecule has 0 saturated heterocycles. The summed E-state index contributed by atoms with van der Waals surface area (Å²) in [6.07, 6.45) is 0. The molecule has 46 heavy (non-hydrogen) atoms. The number of benzene rings is 5. The first-order chi connectivity index (χ1) is 22.5. The van der Waals surface area contributed by atoms with E-state index in [1.165, 1.54) is 41.1 Å². The van der Waals surface area contributed by atoms with Crippen molar-refractivity contribution >= 4 is 52.9 Å². The molecule has 0 amide bonds. The molecule has 0 radical (unpaired) electrons. The van der Waals surface area contributed by atoms with E-state index in [0.29, 0.717) is 0 Å². The van der Waals surface area contributed by atoms with E-state index in [4.69, 9.17) is 0 Å². The van der Waals surface area contributed by atoms with Crippen molar-refractivity contribution in [3.05, 3.63) is 179 Å². The van der Waals surface area contributed by atoms with Crippen molar-refractivity contribution in [2.24, 2.45) is 0 Å².